The Bertz CT molecular complexity index is 1010. The summed E-state index contributed by atoms with van der Waals surface area (Å²) in [6, 6.07) is 17.9. The van der Waals surface area contributed by atoms with Crippen molar-refractivity contribution in [2.45, 2.75) is 44.7 Å². The first-order chi connectivity index (χ1) is 13.7. The first-order valence-corrected chi connectivity index (χ1v) is 10.0. The second-order valence-corrected chi connectivity index (χ2v) is 7.46. The van der Waals surface area contributed by atoms with Crippen LogP contribution in [0.25, 0.3) is 10.8 Å². The summed E-state index contributed by atoms with van der Waals surface area (Å²) in [5.41, 5.74) is 1.01. The average molecular weight is 375 g/mol. The molecule has 1 amide bonds. The minimum atomic E-state index is -0.208. The molecule has 28 heavy (non-hydrogen) atoms. The van der Waals surface area contributed by atoms with Gasteiger partial charge in [0.25, 0.3) is 5.56 Å². The van der Waals surface area contributed by atoms with Crippen LogP contribution < -0.4 is 5.56 Å². The molecule has 0 atom stereocenters. The van der Waals surface area contributed by atoms with Crippen molar-refractivity contribution >= 4 is 16.7 Å². The highest BCUT2D eigenvalue weighted by Gasteiger charge is 2.27. The van der Waals surface area contributed by atoms with E-state index in [2.05, 4.69) is 17.2 Å². The van der Waals surface area contributed by atoms with Crippen LogP contribution in [0.15, 0.2) is 65.6 Å². The Morgan fingerprint density at radius 2 is 1.75 bits per heavy atom. The average Bonchev–Trinajstić information content (AvgIpc) is 3.26. The molecule has 1 heterocycles. The molecule has 1 aliphatic carbocycles. The van der Waals surface area contributed by atoms with Crippen molar-refractivity contribution in [1.29, 1.82) is 0 Å². The van der Waals surface area contributed by atoms with Crippen LogP contribution in [-0.2, 0) is 17.8 Å². The van der Waals surface area contributed by atoms with Crippen molar-refractivity contribution in [3.8, 4) is 0 Å². The number of nitrogens with zero attached hydrogens (tertiary/aromatic N) is 3. The van der Waals surface area contributed by atoms with Crippen molar-refractivity contribution in [1.82, 2.24) is 14.7 Å². The van der Waals surface area contributed by atoms with Crippen molar-refractivity contribution < 1.29 is 4.79 Å². The summed E-state index contributed by atoms with van der Waals surface area (Å²) >= 11 is 0. The molecule has 1 aromatic heterocycles. The standard InChI is InChI=1S/C23H25N3O2/c27-22(17-26-23(28)21-13-7-4-10-19(21)16-24-26)25(20-11-5-6-12-20)15-14-18-8-2-1-3-9-18/h1-4,7-10,13,16,20H,5-6,11-12,14-15,17H2. The Morgan fingerprint density at radius 1 is 1.04 bits per heavy atom. The third kappa shape index (κ3) is 3.98. The van der Waals surface area contributed by atoms with E-state index in [0.717, 1.165) is 37.5 Å². The van der Waals surface area contributed by atoms with Gasteiger partial charge >= 0.3 is 0 Å². The zero-order chi connectivity index (χ0) is 19.3. The molecule has 1 aliphatic rings. The molecule has 144 valence electrons. The van der Waals surface area contributed by atoms with Crippen LogP contribution in [0, 0.1) is 0 Å². The van der Waals surface area contributed by atoms with Crippen molar-refractivity contribution in [2.24, 2.45) is 0 Å². The first-order valence-electron chi connectivity index (χ1n) is 10.0. The normalized spacial score (nSPS) is 14.4. The summed E-state index contributed by atoms with van der Waals surface area (Å²) in [6.45, 7) is 0.671. The molecule has 5 nitrogen and oxygen atoms in total. The molecule has 0 spiro atoms. The van der Waals surface area contributed by atoms with Crippen LogP contribution in [-0.4, -0.2) is 33.2 Å². The fourth-order valence-electron chi connectivity index (χ4n) is 4.08. The second kappa shape index (κ2) is 8.38. The number of amides is 1. The molecule has 0 saturated heterocycles. The quantitative estimate of drug-likeness (QED) is 0.663. The number of carbonyl (C=O) groups excluding carboxylic acids is 1. The smallest absolute Gasteiger partial charge is 0.275 e. The number of benzene rings is 2. The maximum absolute atomic E-state index is 13.1. The van der Waals surface area contributed by atoms with Crippen LogP contribution >= 0.6 is 0 Å². The monoisotopic (exact) mass is 375 g/mol. The molecule has 1 fully saturated rings. The maximum Gasteiger partial charge on any atom is 0.275 e. The van der Waals surface area contributed by atoms with E-state index < -0.39 is 0 Å². The summed E-state index contributed by atoms with van der Waals surface area (Å²) < 4.78 is 1.30. The molecule has 0 aliphatic heterocycles. The van der Waals surface area contributed by atoms with Gasteiger partial charge in [-0.1, -0.05) is 61.4 Å². The van der Waals surface area contributed by atoms with Crippen LogP contribution in [0.3, 0.4) is 0 Å². The van der Waals surface area contributed by atoms with Crippen molar-refractivity contribution in [2.75, 3.05) is 6.54 Å². The predicted molar refractivity (Wildman–Crippen MR) is 110 cm³/mol. The molecule has 5 heteroatoms. The Balaban J connectivity index is 1.53. The van der Waals surface area contributed by atoms with Gasteiger partial charge in [-0.3, -0.25) is 9.59 Å². The molecule has 0 unspecified atom stereocenters. The van der Waals surface area contributed by atoms with E-state index in [0.29, 0.717) is 11.9 Å². The number of aromatic nitrogens is 2. The van der Waals surface area contributed by atoms with Crippen LogP contribution in [0.2, 0.25) is 0 Å². The largest absolute Gasteiger partial charge is 0.338 e. The topological polar surface area (TPSA) is 55.2 Å². The molecule has 0 N–H and O–H groups in total. The second-order valence-electron chi connectivity index (χ2n) is 7.46. The highest BCUT2D eigenvalue weighted by atomic mass is 16.2. The number of hydrogen-bond acceptors (Lipinski definition) is 3. The van der Waals surface area contributed by atoms with E-state index in [9.17, 15) is 9.59 Å². The van der Waals surface area contributed by atoms with Crippen LogP contribution in [0.1, 0.15) is 31.2 Å². The minimum Gasteiger partial charge on any atom is -0.338 e. The van der Waals surface area contributed by atoms with E-state index in [1.54, 1.807) is 12.3 Å². The van der Waals surface area contributed by atoms with E-state index in [4.69, 9.17) is 0 Å². The van der Waals surface area contributed by atoms with Gasteiger partial charge in [-0.2, -0.15) is 5.10 Å². The Kier molecular flexibility index (Phi) is 5.51. The minimum absolute atomic E-state index is 0.00500. The van der Waals surface area contributed by atoms with Gasteiger partial charge in [-0.15, -0.1) is 0 Å². The Labute approximate surface area is 164 Å². The predicted octanol–water partition coefficient (Wildman–Crippen LogP) is 3.41. The van der Waals surface area contributed by atoms with Gasteiger partial charge in [0.2, 0.25) is 5.91 Å². The summed E-state index contributed by atoms with van der Waals surface area (Å²) in [7, 11) is 0. The van der Waals surface area contributed by atoms with Gasteiger partial charge < -0.3 is 4.90 Å². The third-order valence-corrected chi connectivity index (χ3v) is 5.62. The summed E-state index contributed by atoms with van der Waals surface area (Å²) in [4.78, 5) is 27.8. The Hall–Kier alpha value is -2.95. The molecular weight excluding hydrogens is 350 g/mol. The molecule has 4 rings (SSSR count). The molecular formula is C23H25N3O2. The summed E-state index contributed by atoms with van der Waals surface area (Å²) in [5, 5.41) is 5.63. The van der Waals surface area contributed by atoms with E-state index >= 15 is 0 Å². The van der Waals surface area contributed by atoms with E-state index in [1.807, 2.05) is 41.3 Å². The number of hydrogen-bond donors (Lipinski definition) is 0. The van der Waals surface area contributed by atoms with E-state index in [-0.39, 0.29) is 24.1 Å². The SMILES string of the molecule is O=C(Cn1ncc2ccccc2c1=O)N(CCc1ccccc1)C1CCCC1. The molecule has 0 radical (unpaired) electrons. The lowest BCUT2D eigenvalue weighted by molar-refractivity contribution is -0.134. The third-order valence-electron chi connectivity index (χ3n) is 5.62. The fraction of sp³-hybridized carbons (Fsp3) is 0.348. The van der Waals surface area contributed by atoms with Crippen molar-refractivity contribution in [3.63, 3.8) is 0 Å². The van der Waals surface area contributed by atoms with Gasteiger partial charge in [0, 0.05) is 18.0 Å². The lowest BCUT2D eigenvalue weighted by Gasteiger charge is -2.29. The maximum atomic E-state index is 13.1. The zero-order valence-electron chi connectivity index (χ0n) is 16.0. The number of rotatable bonds is 6. The fourth-order valence-corrected chi connectivity index (χ4v) is 4.08. The van der Waals surface area contributed by atoms with Crippen molar-refractivity contribution in [3.05, 3.63) is 76.7 Å². The first kappa shape index (κ1) is 18.4. The van der Waals surface area contributed by atoms with Gasteiger partial charge in [-0.25, -0.2) is 4.68 Å². The number of fused-ring (bicyclic) bond motifs is 1. The van der Waals surface area contributed by atoms with Crippen LogP contribution in [0.4, 0.5) is 0 Å². The van der Waals surface area contributed by atoms with E-state index in [1.165, 1.54) is 10.2 Å². The molecule has 3 aromatic rings. The molecule has 2 aromatic carbocycles. The zero-order valence-corrected chi connectivity index (χ0v) is 16.0. The molecule has 1 saturated carbocycles. The lowest BCUT2D eigenvalue weighted by Crippen LogP contribution is -2.43. The van der Waals surface area contributed by atoms with Gasteiger partial charge in [-0.05, 0) is 30.9 Å². The van der Waals surface area contributed by atoms with Crippen LogP contribution in [0.5, 0.6) is 0 Å². The number of carbonyl (C=O) groups is 1. The van der Waals surface area contributed by atoms with Gasteiger partial charge in [0.1, 0.15) is 6.54 Å². The Morgan fingerprint density at radius 3 is 2.54 bits per heavy atom. The summed E-state index contributed by atoms with van der Waals surface area (Å²) in [5.74, 6) is -0.0206. The highest BCUT2D eigenvalue weighted by molar-refractivity contribution is 5.81. The van der Waals surface area contributed by atoms with Gasteiger partial charge in [0.15, 0.2) is 0 Å². The lowest BCUT2D eigenvalue weighted by atomic mass is 10.1. The molecule has 0 bridgehead atoms. The van der Waals surface area contributed by atoms with Gasteiger partial charge in [0.05, 0.1) is 11.6 Å². The summed E-state index contributed by atoms with van der Waals surface area (Å²) in [6.07, 6.45) is 6.89. The highest BCUT2D eigenvalue weighted by Crippen LogP contribution is 2.24.